The van der Waals surface area contributed by atoms with Gasteiger partial charge in [0.05, 0.1) is 16.4 Å². The standard InChI is InChI=1S/C21H27O3S2/c1-26(22,23)20-11-7-10-17-18(24-16-8-3-2-4-9-16)12-13-19(21(17)20)25-14-5-6-15-25/h7,10-13,16H,2-6,8-9,14-15H2,1H3/q+1. The van der Waals surface area contributed by atoms with E-state index in [2.05, 4.69) is 12.1 Å². The number of ether oxygens (including phenoxy) is 1. The van der Waals surface area contributed by atoms with Gasteiger partial charge in [0.15, 0.2) is 14.7 Å². The highest BCUT2D eigenvalue weighted by atomic mass is 32.2. The first-order valence-electron chi connectivity index (χ1n) is 9.64. The van der Waals surface area contributed by atoms with E-state index in [4.69, 9.17) is 4.74 Å². The molecule has 2 aromatic rings. The summed E-state index contributed by atoms with van der Waals surface area (Å²) in [5.41, 5.74) is 0. The molecule has 1 saturated carbocycles. The monoisotopic (exact) mass is 391 g/mol. The van der Waals surface area contributed by atoms with Gasteiger partial charge in [-0.3, -0.25) is 0 Å². The number of benzene rings is 2. The fraction of sp³-hybridized carbons (Fsp3) is 0.524. The molecule has 26 heavy (non-hydrogen) atoms. The van der Waals surface area contributed by atoms with E-state index in [1.807, 2.05) is 12.1 Å². The van der Waals surface area contributed by atoms with Crippen molar-refractivity contribution < 1.29 is 13.2 Å². The zero-order chi connectivity index (χ0) is 18.1. The Morgan fingerprint density at radius 2 is 1.69 bits per heavy atom. The van der Waals surface area contributed by atoms with Crippen LogP contribution in [0.15, 0.2) is 40.1 Å². The van der Waals surface area contributed by atoms with Gasteiger partial charge in [0.25, 0.3) is 0 Å². The van der Waals surface area contributed by atoms with Crippen LogP contribution in [0.25, 0.3) is 10.8 Å². The molecule has 0 atom stereocenters. The highest BCUT2D eigenvalue weighted by Gasteiger charge is 2.32. The Kier molecular flexibility index (Phi) is 5.20. The largest absolute Gasteiger partial charge is 0.490 e. The normalized spacial score (nSPS) is 19.9. The first-order chi connectivity index (χ1) is 12.5. The summed E-state index contributed by atoms with van der Waals surface area (Å²) in [5, 5.41) is 1.88. The van der Waals surface area contributed by atoms with Crippen LogP contribution in [0, 0.1) is 0 Å². The molecule has 0 amide bonds. The van der Waals surface area contributed by atoms with E-state index in [1.165, 1.54) is 54.8 Å². The van der Waals surface area contributed by atoms with Crippen LogP contribution in [-0.4, -0.2) is 32.3 Å². The zero-order valence-electron chi connectivity index (χ0n) is 15.4. The molecule has 0 radical (unpaired) electrons. The number of hydrogen-bond acceptors (Lipinski definition) is 3. The maximum atomic E-state index is 12.5. The minimum Gasteiger partial charge on any atom is -0.490 e. The molecule has 4 rings (SSSR count). The smallest absolute Gasteiger partial charge is 0.176 e. The fourth-order valence-corrected chi connectivity index (χ4v) is 7.70. The van der Waals surface area contributed by atoms with Gasteiger partial charge in [0, 0.05) is 22.5 Å². The Morgan fingerprint density at radius 1 is 0.962 bits per heavy atom. The highest BCUT2D eigenvalue weighted by Crippen LogP contribution is 2.39. The van der Waals surface area contributed by atoms with Crippen molar-refractivity contribution in [1.82, 2.24) is 0 Å². The van der Waals surface area contributed by atoms with Crippen LogP contribution in [-0.2, 0) is 20.7 Å². The van der Waals surface area contributed by atoms with E-state index in [0.29, 0.717) is 4.90 Å². The van der Waals surface area contributed by atoms with E-state index in [0.717, 1.165) is 29.4 Å². The molecule has 140 valence electrons. The molecule has 2 aromatic carbocycles. The third-order valence-corrected chi connectivity index (χ3v) is 9.18. The summed E-state index contributed by atoms with van der Waals surface area (Å²) >= 11 is 0. The second-order valence-electron chi connectivity index (χ2n) is 7.50. The molecule has 0 spiro atoms. The number of hydrogen-bond donors (Lipinski definition) is 0. The minimum atomic E-state index is -3.28. The molecule has 0 N–H and O–H groups in total. The molecule has 0 bridgehead atoms. The van der Waals surface area contributed by atoms with Gasteiger partial charge in [-0.1, -0.05) is 18.6 Å². The lowest BCUT2D eigenvalue weighted by Crippen LogP contribution is -2.20. The van der Waals surface area contributed by atoms with Gasteiger partial charge < -0.3 is 4.74 Å². The number of fused-ring (bicyclic) bond motifs is 1. The first-order valence-corrected chi connectivity index (χ1v) is 13.1. The van der Waals surface area contributed by atoms with Crippen LogP contribution in [0.1, 0.15) is 44.9 Å². The molecule has 3 nitrogen and oxygen atoms in total. The van der Waals surface area contributed by atoms with E-state index in [1.54, 1.807) is 6.07 Å². The van der Waals surface area contributed by atoms with Crippen molar-refractivity contribution >= 4 is 31.5 Å². The molecule has 5 heteroatoms. The van der Waals surface area contributed by atoms with E-state index in [9.17, 15) is 8.42 Å². The summed E-state index contributed by atoms with van der Waals surface area (Å²) in [5.74, 6) is 3.20. The Hall–Kier alpha value is -1.20. The van der Waals surface area contributed by atoms with Crippen LogP contribution in [0.2, 0.25) is 0 Å². The average Bonchev–Trinajstić information content (AvgIpc) is 3.16. The molecule has 1 aliphatic heterocycles. The summed E-state index contributed by atoms with van der Waals surface area (Å²) < 4.78 is 31.3. The predicted octanol–water partition coefficient (Wildman–Crippen LogP) is 4.73. The van der Waals surface area contributed by atoms with Gasteiger partial charge >= 0.3 is 0 Å². The lowest BCUT2D eigenvalue weighted by Gasteiger charge is -2.24. The molecule has 0 unspecified atom stereocenters. The van der Waals surface area contributed by atoms with Gasteiger partial charge in [0.2, 0.25) is 0 Å². The van der Waals surface area contributed by atoms with Gasteiger partial charge in [-0.05, 0) is 56.7 Å². The fourth-order valence-electron chi connectivity index (χ4n) is 4.20. The number of rotatable bonds is 4. The summed E-state index contributed by atoms with van der Waals surface area (Å²) in [7, 11) is -3.13. The lowest BCUT2D eigenvalue weighted by atomic mass is 9.97. The third-order valence-electron chi connectivity index (χ3n) is 5.51. The Balaban J connectivity index is 1.86. The Labute approximate surface area is 159 Å². The lowest BCUT2D eigenvalue weighted by molar-refractivity contribution is 0.157. The van der Waals surface area contributed by atoms with Crippen molar-refractivity contribution in [3.05, 3.63) is 30.3 Å². The number of sulfone groups is 1. The molecular weight excluding hydrogens is 364 g/mol. The van der Waals surface area contributed by atoms with Gasteiger partial charge in [-0.2, -0.15) is 0 Å². The van der Waals surface area contributed by atoms with Crippen LogP contribution in [0.4, 0.5) is 0 Å². The summed E-state index contributed by atoms with van der Waals surface area (Å²) in [6, 6.07) is 9.87. The third kappa shape index (κ3) is 3.61. The Bertz CT molecular complexity index is 893. The molecule has 1 saturated heterocycles. The minimum absolute atomic E-state index is 0.155. The molecule has 1 aliphatic carbocycles. The highest BCUT2D eigenvalue weighted by molar-refractivity contribution is 7.97. The van der Waals surface area contributed by atoms with Crippen molar-refractivity contribution in [3.63, 3.8) is 0 Å². The molecule has 1 heterocycles. The van der Waals surface area contributed by atoms with Crippen LogP contribution in [0.5, 0.6) is 5.75 Å². The molecular formula is C21H27O3S2+. The van der Waals surface area contributed by atoms with Gasteiger partial charge in [-0.25, -0.2) is 8.42 Å². The van der Waals surface area contributed by atoms with Crippen molar-refractivity contribution in [2.45, 2.75) is 60.8 Å². The van der Waals surface area contributed by atoms with E-state index >= 15 is 0 Å². The van der Waals surface area contributed by atoms with E-state index in [-0.39, 0.29) is 17.0 Å². The van der Waals surface area contributed by atoms with Crippen LogP contribution < -0.4 is 4.74 Å². The summed E-state index contributed by atoms with van der Waals surface area (Å²) in [6.45, 7) is 0. The van der Waals surface area contributed by atoms with Gasteiger partial charge in [0.1, 0.15) is 17.3 Å². The zero-order valence-corrected chi connectivity index (χ0v) is 17.0. The maximum Gasteiger partial charge on any atom is 0.176 e. The second-order valence-corrected chi connectivity index (χ2v) is 11.7. The van der Waals surface area contributed by atoms with Crippen molar-refractivity contribution in [1.29, 1.82) is 0 Å². The summed E-state index contributed by atoms with van der Waals surface area (Å²) in [6.07, 6.45) is 9.99. The summed E-state index contributed by atoms with van der Waals surface area (Å²) in [4.78, 5) is 1.67. The van der Waals surface area contributed by atoms with Gasteiger partial charge in [-0.15, -0.1) is 0 Å². The van der Waals surface area contributed by atoms with Crippen LogP contribution >= 0.6 is 0 Å². The van der Waals surface area contributed by atoms with Crippen molar-refractivity contribution in [3.8, 4) is 5.75 Å². The Morgan fingerprint density at radius 3 is 2.38 bits per heavy atom. The average molecular weight is 392 g/mol. The topological polar surface area (TPSA) is 43.4 Å². The van der Waals surface area contributed by atoms with Crippen molar-refractivity contribution in [2.75, 3.05) is 17.8 Å². The quantitative estimate of drug-likeness (QED) is 0.708. The molecule has 2 fully saturated rings. The molecule has 2 aliphatic rings. The molecule has 0 aromatic heterocycles. The SMILES string of the molecule is CS(=O)(=O)c1cccc2c(OC3CCCCC3)ccc([S+]3CCCC3)c12. The first kappa shape index (κ1) is 18.2. The second kappa shape index (κ2) is 7.43. The van der Waals surface area contributed by atoms with E-state index < -0.39 is 9.84 Å². The predicted molar refractivity (Wildman–Crippen MR) is 109 cm³/mol. The maximum absolute atomic E-state index is 12.5. The van der Waals surface area contributed by atoms with Crippen molar-refractivity contribution in [2.24, 2.45) is 0 Å². The van der Waals surface area contributed by atoms with Crippen LogP contribution in [0.3, 0.4) is 0 Å².